The zero-order valence-corrected chi connectivity index (χ0v) is 11.9. The van der Waals surface area contributed by atoms with E-state index in [1.807, 2.05) is 24.3 Å². The van der Waals surface area contributed by atoms with Crippen LogP contribution in [0.2, 0.25) is 0 Å². The van der Waals surface area contributed by atoms with Crippen LogP contribution in [0.3, 0.4) is 0 Å². The Balaban J connectivity index is 1.88. The molecule has 5 heteroatoms. The van der Waals surface area contributed by atoms with E-state index in [2.05, 4.69) is 10.6 Å². The highest BCUT2D eigenvalue weighted by Gasteiger charge is 2.20. The second-order valence-corrected chi connectivity index (χ2v) is 4.86. The van der Waals surface area contributed by atoms with Crippen molar-refractivity contribution in [3.05, 3.63) is 24.3 Å². The summed E-state index contributed by atoms with van der Waals surface area (Å²) in [5.41, 5.74) is 0.761. The van der Waals surface area contributed by atoms with Gasteiger partial charge in [-0.2, -0.15) is 0 Å². The summed E-state index contributed by atoms with van der Waals surface area (Å²) in [5, 5.41) is 6.17. The van der Waals surface area contributed by atoms with Crippen LogP contribution in [-0.2, 0) is 9.53 Å². The summed E-state index contributed by atoms with van der Waals surface area (Å²) in [6.07, 6.45) is 3.15. The Hall–Kier alpha value is -1.59. The predicted molar refractivity (Wildman–Crippen MR) is 78.1 cm³/mol. The topological polar surface area (TPSA) is 59.6 Å². The number of anilines is 1. The van der Waals surface area contributed by atoms with Crippen molar-refractivity contribution in [2.45, 2.75) is 25.3 Å². The lowest BCUT2D eigenvalue weighted by Crippen LogP contribution is -2.43. The fourth-order valence-corrected chi connectivity index (χ4v) is 2.21. The van der Waals surface area contributed by atoms with Crippen LogP contribution in [0.1, 0.15) is 19.3 Å². The SMILES string of the molecule is COCCOc1cccc(NC(=O)C2CCCCN2)c1. The fourth-order valence-electron chi connectivity index (χ4n) is 2.21. The summed E-state index contributed by atoms with van der Waals surface area (Å²) >= 11 is 0. The number of hydrogen-bond acceptors (Lipinski definition) is 4. The maximum Gasteiger partial charge on any atom is 0.241 e. The normalized spacial score (nSPS) is 18.6. The van der Waals surface area contributed by atoms with Gasteiger partial charge in [-0.25, -0.2) is 0 Å². The zero-order valence-electron chi connectivity index (χ0n) is 11.9. The number of piperidine rings is 1. The Morgan fingerprint density at radius 2 is 2.30 bits per heavy atom. The molecule has 1 amide bonds. The quantitative estimate of drug-likeness (QED) is 0.779. The highest BCUT2D eigenvalue weighted by Crippen LogP contribution is 2.18. The second kappa shape index (κ2) is 7.87. The molecule has 5 nitrogen and oxygen atoms in total. The van der Waals surface area contributed by atoms with Gasteiger partial charge < -0.3 is 20.1 Å². The highest BCUT2D eigenvalue weighted by atomic mass is 16.5. The minimum atomic E-state index is -0.0817. The molecule has 1 aliphatic heterocycles. The number of benzene rings is 1. The molecule has 1 aromatic carbocycles. The summed E-state index contributed by atoms with van der Waals surface area (Å²) in [6.45, 7) is 1.96. The summed E-state index contributed by atoms with van der Waals surface area (Å²) < 4.78 is 10.5. The van der Waals surface area contributed by atoms with Crippen molar-refractivity contribution in [2.75, 3.05) is 32.2 Å². The van der Waals surface area contributed by atoms with Crippen molar-refractivity contribution >= 4 is 11.6 Å². The van der Waals surface area contributed by atoms with E-state index in [1.54, 1.807) is 7.11 Å². The predicted octanol–water partition coefficient (Wildman–Crippen LogP) is 1.79. The number of hydrogen-bond donors (Lipinski definition) is 2. The first-order valence-corrected chi connectivity index (χ1v) is 7.05. The van der Waals surface area contributed by atoms with E-state index in [9.17, 15) is 4.79 Å². The van der Waals surface area contributed by atoms with Gasteiger partial charge in [0, 0.05) is 18.9 Å². The highest BCUT2D eigenvalue weighted by molar-refractivity contribution is 5.95. The first-order chi connectivity index (χ1) is 9.79. The van der Waals surface area contributed by atoms with Crippen LogP contribution in [-0.4, -0.2) is 38.8 Å². The van der Waals surface area contributed by atoms with Crippen LogP contribution >= 0.6 is 0 Å². The number of carbonyl (C=O) groups is 1. The number of amides is 1. The second-order valence-electron chi connectivity index (χ2n) is 4.86. The summed E-state index contributed by atoms with van der Waals surface area (Å²) in [4.78, 5) is 12.1. The summed E-state index contributed by atoms with van der Waals surface area (Å²) in [5.74, 6) is 0.759. The maximum atomic E-state index is 12.1. The molecule has 0 saturated carbocycles. The van der Waals surface area contributed by atoms with Crippen molar-refractivity contribution in [3.8, 4) is 5.75 Å². The molecular weight excluding hydrogens is 256 g/mol. The van der Waals surface area contributed by atoms with Gasteiger partial charge in [0.25, 0.3) is 0 Å². The number of rotatable bonds is 6. The number of nitrogens with one attached hydrogen (secondary N) is 2. The largest absolute Gasteiger partial charge is 0.491 e. The van der Waals surface area contributed by atoms with E-state index < -0.39 is 0 Å². The van der Waals surface area contributed by atoms with Crippen molar-refractivity contribution < 1.29 is 14.3 Å². The average molecular weight is 278 g/mol. The first-order valence-electron chi connectivity index (χ1n) is 7.05. The van der Waals surface area contributed by atoms with Crippen LogP contribution < -0.4 is 15.4 Å². The van der Waals surface area contributed by atoms with E-state index in [1.165, 1.54) is 0 Å². The Morgan fingerprint density at radius 1 is 1.40 bits per heavy atom. The molecule has 1 saturated heterocycles. The molecule has 1 heterocycles. The molecule has 2 rings (SSSR count). The molecular formula is C15H22N2O3. The van der Waals surface area contributed by atoms with Crippen LogP contribution in [0.4, 0.5) is 5.69 Å². The standard InChI is InChI=1S/C15H22N2O3/c1-19-9-10-20-13-6-4-5-12(11-13)17-15(18)14-7-2-3-8-16-14/h4-6,11,14,16H,2-3,7-10H2,1H3,(H,17,18). The third kappa shape index (κ3) is 4.51. The number of carbonyl (C=O) groups excluding carboxylic acids is 1. The van der Waals surface area contributed by atoms with E-state index in [0.717, 1.165) is 37.2 Å². The molecule has 0 aromatic heterocycles. The molecule has 0 radical (unpaired) electrons. The fraction of sp³-hybridized carbons (Fsp3) is 0.533. The van der Waals surface area contributed by atoms with E-state index >= 15 is 0 Å². The van der Waals surface area contributed by atoms with E-state index in [4.69, 9.17) is 9.47 Å². The van der Waals surface area contributed by atoms with Crippen LogP contribution in [0.25, 0.3) is 0 Å². The molecule has 1 aromatic rings. The molecule has 0 bridgehead atoms. The van der Waals surface area contributed by atoms with Crippen molar-refractivity contribution in [3.63, 3.8) is 0 Å². The van der Waals surface area contributed by atoms with Gasteiger partial charge in [-0.15, -0.1) is 0 Å². The maximum absolute atomic E-state index is 12.1. The van der Waals surface area contributed by atoms with Crippen molar-refractivity contribution in [2.24, 2.45) is 0 Å². The third-order valence-electron chi connectivity index (χ3n) is 3.28. The van der Waals surface area contributed by atoms with Gasteiger partial charge in [0.2, 0.25) is 5.91 Å². The number of methoxy groups -OCH3 is 1. The molecule has 0 spiro atoms. The van der Waals surface area contributed by atoms with Gasteiger partial charge in [0.15, 0.2) is 0 Å². The van der Waals surface area contributed by atoms with Gasteiger partial charge in [0.05, 0.1) is 12.6 Å². The Kier molecular flexibility index (Phi) is 5.83. The molecule has 1 aliphatic rings. The molecule has 20 heavy (non-hydrogen) atoms. The van der Waals surface area contributed by atoms with Gasteiger partial charge in [0.1, 0.15) is 12.4 Å². The molecule has 110 valence electrons. The third-order valence-corrected chi connectivity index (χ3v) is 3.28. The van der Waals surface area contributed by atoms with Gasteiger partial charge >= 0.3 is 0 Å². The monoisotopic (exact) mass is 278 g/mol. The van der Waals surface area contributed by atoms with Gasteiger partial charge in [-0.3, -0.25) is 4.79 Å². The Morgan fingerprint density at radius 3 is 3.05 bits per heavy atom. The zero-order chi connectivity index (χ0) is 14.2. The van der Waals surface area contributed by atoms with Crippen molar-refractivity contribution in [1.29, 1.82) is 0 Å². The van der Waals surface area contributed by atoms with Gasteiger partial charge in [-0.1, -0.05) is 12.5 Å². The summed E-state index contributed by atoms with van der Waals surface area (Å²) in [7, 11) is 1.64. The summed E-state index contributed by atoms with van der Waals surface area (Å²) in [6, 6.07) is 7.35. The average Bonchev–Trinajstić information content (AvgIpc) is 2.49. The molecule has 1 fully saturated rings. The first kappa shape index (κ1) is 14.8. The van der Waals surface area contributed by atoms with Crippen LogP contribution in [0, 0.1) is 0 Å². The molecule has 0 aliphatic carbocycles. The van der Waals surface area contributed by atoms with Gasteiger partial charge in [-0.05, 0) is 31.5 Å². The number of ether oxygens (including phenoxy) is 2. The lowest BCUT2D eigenvalue weighted by atomic mass is 10.0. The molecule has 1 unspecified atom stereocenters. The minimum absolute atomic E-state index is 0.0266. The lowest BCUT2D eigenvalue weighted by molar-refractivity contribution is -0.118. The minimum Gasteiger partial charge on any atom is -0.491 e. The van der Waals surface area contributed by atoms with Crippen LogP contribution in [0.15, 0.2) is 24.3 Å². The van der Waals surface area contributed by atoms with Crippen LogP contribution in [0.5, 0.6) is 5.75 Å². The van der Waals surface area contributed by atoms with Crippen molar-refractivity contribution in [1.82, 2.24) is 5.32 Å². The smallest absolute Gasteiger partial charge is 0.241 e. The Bertz CT molecular complexity index is 431. The Labute approximate surface area is 119 Å². The lowest BCUT2D eigenvalue weighted by Gasteiger charge is -2.22. The molecule has 2 N–H and O–H groups in total. The molecule has 1 atom stereocenters. The van der Waals surface area contributed by atoms with E-state index in [0.29, 0.717) is 13.2 Å². The van der Waals surface area contributed by atoms with E-state index in [-0.39, 0.29) is 11.9 Å².